The van der Waals surface area contributed by atoms with Crippen LogP contribution in [0.3, 0.4) is 0 Å². The van der Waals surface area contributed by atoms with Crippen molar-refractivity contribution in [2.24, 2.45) is 0 Å². The molecule has 5 nitrogen and oxygen atoms in total. The average molecular weight is 356 g/mol. The van der Waals surface area contributed by atoms with Crippen LogP contribution in [0, 0.1) is 10.1 Å². The molecule has 0 aromatic heterocycles. The lowest BCUT2D eigenvalue weighted by Gasteiger charge is -2.27. The van der Waals surface area contributed by atoms with Crippen LogP contribution < -0.4 is 5.32 Å². The number of unbranched alkanes of at least 4 members (excludes halogenated alkanes) is 1. The van der Waals surface area contributed by atoms with Gasteiger partial charge in [-0.1, -0.05) is 69.2 Å². The largest absolute Gasteiger partial charge is 0.507 e. The minimum atomic E-state index is -0.604. The minimum absolute atomic E-state index is 0.115. The predicted octanol–water partition coefficient (Wildman–Crippen LogP) is 4.47. The van der Waals surface area contributed by atoms with Gasteiger partial charge in [-0.3, -0.25) is 15.4 Å². The molecule has 0 heterocycles. The third-order valence-electron chi connectivity index (χ3n) is 4.74. The zero-order chi connectivity index (χ0) is 18.9. The maximum Gasteiger partial charge on any atom is 0.227 e. The summed E-state index contributed by atoms with van der Waals surface area (Å²) in [6, 6.07) is 6.26. The van der Waals surface area contributed by atoms with E-state index in [1.54, 1.807) is 12.1 Å². The second-order valence-electron chi connectivity index (χ2n) is 6.60. The highest BCUT2D eigenvalue weighted by atomic mass is 16.6. The molecule has 0 bridgehead atoms. The lowest BCUT2D eigenvalue weighted by Crippen LogP contribution is -2.48. The standard InChI is InChI=1S/C21H28N2O3/c1-3-5-12-19(20(4-2)23(25)26)22-18-13-8-6-10-16(18)15-17-11-7-9-14-21(17)24/h6-11,13-15,18-20,22,24H,3-5,12H2,1-2H3. The van der Waals surface area contributed by atoms with Crippen LogP contribution in [0.4, 0.5) is 0 Å². The van der Waals surface area contributed by atoms with E-state index in [1.165, 1.54) is 0 Å². The SMILES string of the molecule is CCCCC(NC1C=CC=CC1=Cc1ccccc1O)C(CC)[N+](=O)[O-]. The molecular formula is C21H28N2O3. The molecule has 0 amide bonds. The molecule has 3 unspecified atom stereocenters. The summed E-state index contributed by atoms with van der Waals surface area (Å²) in [4.78, 5) is 11.3. The van der Waals surface area contributed by atoms with E-state index in [4.69, 9.17) is 0 Å². The lowest BCUT2D eigenvalue weighted by molar-refractivity contribution is -0.527. The quantitative estimate of drug-likeness (QED) is 0.505. The zero-order valence-corrected chi connectivity index (χ0v) is 15.5. The Balaban J connectivity index is 2.24. The first-order chi connectivity index (χ1) is 12.6. The fourth-order valence-corrected chi connectivity index (χ4v) is 3.26. The van der Waals surface area contributed by atoms with Crippen LogP contribution in [0.1, 0.15) is 45.1 Å². The molecule has 0 radical (unpaired) electrons. The Kier molecular flexibility index (Phi) is 7.60. The monoisotopic (exact) mass is 356 g/mol. The number of aromatic hydroxyl groups is 1. The summed E-state index contributed by atoms with van der Waals surface area (Å²) < 4.78 is 0. The number of hydrogen-bond donors (Lipinski definition) is 2. The van der Waals surface area contributed by atoms with E-state index in [2.05, 4.69) is 12.2 Å². The van der Waals surface area contributed by atoms with Gasteiger partial charge in [-0.2, -0.15) is 0 Å². The molecule has 1 aliphatic carbocycles. The highest BCUT2D eigenvalue weighted by Gasteiger charge is 2.31. The number of para-hydroxylation sites is 1. The van der Waals surface area contributed by atoms with Crippen LogP contribution in [-0.4, -0.2) is 28.2 Å². The Bertz CT molecular complexity index is 694. The summed E-state index contributed by atoms with van der Waals surface area (Å²) in [7, 11) is 0. The maximum atomic E-state index is 11.5. The summed E-state index contributed by atoms with van der Waals surface area (Å²) in [6.07, 6.45) is 13.0. The summed E-state index contributed by atoms with van der Waals surface area (Å²) in [5.41, 5.74) is 1.72. The third-order valence-corrected chi connectivity index (χ3v) is 4.74. The molecule has 0 spiro atoms. The van der Waals surface area contributed by atoms with E-state index in [-0.39, 0.29) is 22.8 Å². The Morgan fingerprint density at radius 2 is 2.08 bits per heavy atom. The summed E-state index contributed by atoms with van der Waals surface area (Å²) in [5, 5.41) is 25.0. The Morgan fingerprint density at radius 3 is 2.73 bits per heavy atom. The highest BCUT2D eigenvalue weighted by molar-refractivity contribution is 5.64. The number of allylic oxidation sites excluding steroid dienone is 2. The molecule has 2 rings (SSSR count). The summed E-state index contributed by atoms with van der Waals surface area (Å²) in [5.74, 6) is 0.223. The van der Waals surface area contributed by atoms with Crippen molar-refractivity contribution < 1.29 is 10.0 Å². The van der Waals surface area contributed by atoms with Crippen LogP contribution in [0.15, 0.2) is 54.1 Å². The Hall–Kier alpha value is -2.40. The van der Waals surface area contributed by atoms with E-state index in [0.29, 0.717) is 6.42 Å². The van der Waals surface area contributed by atoms with Gasteiger partial charge in [0.1, 0.15) is 5.75 Å². The molecule has 0 saturated carbocycles. The zero-order valence-electron chi connectivity index (χ0n) is 15.5. The van der Waals surface area contributed by atoms with Gasteiger partial charge in [-0.05, 0) is 24.1 Å². The van der Waals surface area contributed by atoms with Gasteiger partial charge in [0.25, 0.3) is 0 Å². The second-order valence-corrected chi connectivity index (χ2v) is 6.60. The van der Waals surface area contributed by atoms with Crippen LogP contribution in [-0.2, 0) is 0 Å². The molecule has 1 aliphatic rings. The van der Waals surface area contributed by atoms with Crippen molar-refractivity contribution in [2.45, 2.75) is 57.7 Å². The molecule has 1 aromatic rings. The van der Waals surface area contributed by atoms with Crippen LogP contribution in [0.5, 0.6) is 5.75 Å². The van der Waals surface area contributed by atoms with Crippen LogP contribution >= 0.6 is 0 Å². The van der Waals surface area contributed by atoms with Crippen molar-refractivity contribution in [3.63, 3.8) is 0 Å². The number of nitrogens with one attached hydrogen (secondary N) is 1. The molecular weight excluding hydrogens is 328 g/mol. The van der Waals surface area contributed by atoms with Crippen LogP contribution in [0.25, 0.3) is 6.08 Å². The Labute approximate surface area is 155 Å². The van der Waals surface area contributed by atoms with E-state index in [9.17, 15) is 15.2 Å². The fraction of sp³-hybridized carbons (Fsp3) is 0.429. The minimum Gasteiger partial charge on any atom is -0.507 e. The first-order valence-corrected chi connectivity index (χ1v) is 9.30. The first-order valence-electron chi connectivity index (χ1n) is 9.30. The van der Waals surface area contributed by atoms with Gasteiger partial charge in [0, 0.05) is 16.9 Å². The third kappa shape index (κ3) is 5.30. The van der Waals surface area contributed by atoms with Gasteiger partial charge in [0.15, 0.2) is 0 Å². The van der Waals surface area contributed by atoms with Crippen molar-refractivity contribution in [1.29, 1.82) is 0 Å². The number of phenolic OH excluding ortho intramolecular Hbond substituents is 1. The predicted molar refractivity (Wildman–Crippen MR) is 106 cm³/mol. The van der Waals surface area contributed by atoms with Gasteiger partial charge in [-0.25, -0.2) is 0 Å². The highest BCUT2D eigenvalue weighted by Crippen LogP contribution is 2.23. The number of benzene rings is 1. The number of phenols is 1. The van der Waals surface area contributed by atoms with E-state index < -0.39 is 6.04 Å². The van der Waals surface area contributed by atoms with Crippen molar-refractivity contribution in [1.82, 2.24) is 5.32 Å². The normalized spacial score (nSPS) is 20.2. The molecule has 0 aliphatic heterocycles. The molecule has 3 atom stereocenters. The number of hydrogen-bond acceptors (Lipinski definition) is 4. The molecule has 26 heavy (non-hydrogen) atoms. The van der Waals surface area contributed by atoms with Crippen molar-refractivity contribution >= 4 is 6.08 Å². The molecule has 1 aromatic carbocycles. The number of nitro groups is 1. The topological polar surface area (TPSA) is 75.4 Å². The molecule has 0 fully saturated rings. The second kappa shape index (κ2) is 9.92. The summed E-state index contributed by atoms with van der Waals surface area (Å²) in [6.45, 7) is 3.96. The van der Waals surface area contributed by atoms with Gasteiger partial charge >= 0.3 is 0 Å². The molecule has 0 saturated heterocycles. The average Bonchev–Trinajstić information content (AvgIpc) is 2.63. The first kappa shape index (κ1) is 19.9. The molecule has 5 heteroatoms. The van der Waals surface area contributed by atoms with Gasteiger partial charge in [-0.15, -0.1) is 0 Å². The molecule has 140 valence electrons. The van der Waals surface area contributed by atoms with Crippen LogP contribution in [0.2, 0.25) is 0 Å². The van der Waals surface area contributed by atoms with E-state index in [1.807, 2.05) is 49.4 Å². The maximum absolute atomic E-state index is 11.5. The van der Waals surface area contributed by atoms with Crippen molar-refractivity contribution in [2.75, 3.05) is 0 Å². The number of nitrogens with zero attached hydrogens (tertiary/aromatic N) is 1. The van der Waals surface area contributed by atoms with E-state index in [0.717, 1.165) is 30.4 Å². The smallest absolute Gasteiger partial charge is 0.227 e. The fourth-order valence-electron chi connectivity index (χ4n) is 3.26. The molecule has 2 N–H and O–H groups in total. The van der Waals surface area contributed by atoms with Gasteiger partial charge in [0.05, 0.1) is 12.1 Å². The summed E-state index contributed by atoms with van der Waals surface area (Å²) >= 11 is 0. The Morgan fingerprint density at radius 1 is 1.31 bits per heavy atom. The van der Waals surface area contributed by atoms with E-state index >= 15 is 0 Å². The number of rotatable bonds is 9. The van der Waals surface area contributed by atoms with Gasteiger partial charge in [0.2, 0.25) is 6.04 Å². The van der Waals surface area contributed by atoms with Crippen molar-refractivity contribution in [3.8, 4) is 5.75 Å². The lowest BCUT2D eigenvalue weighted by atomic mass is 9.94. The van der Waals surface area contributed by atoms with Crippen molar-refractivity contribution in [3.05, 3.63) is 69.8 Å². The van der Waals surface area contributed by atoms with Gasteiger partial charge < -0.3 is 5.11 Å².